The van der Waals surface area contributed by atoms with E-state index in [1.807, 2.05) is 30.2 Å². The number of pyridine rings is 1. The molecule has 0 N–H and O–H groups in total. The number of hydrogen-bond donors (Lipinski definition) is 0. The van der Waals surface area contributed by atoms with Crippen LogP contribution in [0.15, 0.2) is 24.4 Å². The van der Waals surface area contributed by atoms with E-state index < -0.39 is 0 Å². The van der Waals surface area contributed by atoms with Crippen LogP contribution in [0.1, 0.15) is 54.3 Å². The lowest BCUT2D eigenvalue weighted by Crippen LogP contribution is -2.41. The first-order chi connectivity index (χ1) is 12.6. The SMILES string of the molecule is CCN(CC1CCN(c2ccccn2)CC1)C(=O)c1nnc(C(C)C)s1. The Morgan fingerprint density at radius 3 is 2.65 bits per heavy atom. The number of aromatic nitrogens is 3. The highest BCUT2D eigenvalue weighted by Crippen LogP contribution is 2.24. The van der Waals surface area contributed by atoms with E-state index in [2.05, 4.69) is 40.0 Å². The van der Waals surface area contributed by atoms with Gasteiger partial charge in [0.1, 0.15) is 10.8 Å². The van der Waals surface area contributed by atoms with Crippen molar-refractivity contribution in [2.75, 3.05) is 31.1 Å². The van der Waals surface area contributed by atoms with Crippen molar-refractivity contribution in [3.05, 3.63) is 34.4 Å². The summed E-state index contributed by atoms with van der Waals surface area (Å²) in [5.74, 6) is 1.89. The fourth-order valence-electron chi connectivity index (χ4n) is 3.24. The van der Waals surface area contributed by atoms with E-state index in [0.29, 0.717) is 23.4 Å². The van der Waals surface area contributed by atoms with Gasteiger partial charge in [0.15, 0.2) is 0 Å². The zero-order valence-corrected chi connectivity index (χ0v) is 16.6. The fourth-order valence-corrected chi connectivity index (χ4v) is 4.06. The lowest BCUT2D eigenvalue weighted by Gasteiger charge is -2.35. The van der Waals surface area contributed by atoms with Crippen molar-refractivity contribution in [3.8, 4) is 0 Å². The predicted molar refractivity (Wildman–Crippen MR) is 105 cm³/mol. The summed E-state index contributed by atoms with van der Waals surface area (Å²) >= 11 is 1.42. The summed E-state index contributed by atoms with van der Waals surface area (Å²) in [6.45, 7) is 9.65. The maximum Gasteiger partial charge on any atom is 0.284 e. The lowest BCUT2D eigenvalue weighted by atomic mass is 9.96. The van der Waals surface area contributed by atoms with Crippen molar-refractivity contribution in [3.63, 3.8) is 0 Å². The molecule has 1 amide bonds. The van der Waals surface area contributed by atoms with E-state index in [-0.39, 0.29) is 5.91 Å². The van der Waals surface area contributed by atoms with Crippen LogP contribution in [-0.2, 0) is 0 Å². The average molecular weight is 374 g/mol. The minimum absolute atomic E-state index is 0.0176. The summed E-state index contributed by atoms with van der Waals surface area (Å²) in [5, 5.41) is 9.70. The Morgan fingerprint density at radius 2 is 2.08 bits per heavy atom. The normalized spacial score (nSPS) is 15.5. The van der Waals surface area contributed by atoms with Gasteiger partial charge in [-0.05, 0) is 37.8 Å². The van der Waals surface area contributed by atoms with Crippen LogP contribution in [0.4, 0.5) is 5.82 Å². The first-order valence-corrected chi connectivity index (χ1v) is 10.2. The van der Waals surface area contributed by atoms with Crippen LogP contribution in [0.5, 0.6) is 0 Å². The topological polar surface area (TPSA) is 62.2 Å². The molecule has 140 valence electrons. The van der Waals surface area contributed by atoms with Crippen LogP contribution in [0, 0.1) is 5.92 Å². The summed E-state index contributed by atoms with van der Waals surface area (Å²) in [5.41, 5.74) is 0. The highest BCUT2D eigenvalue weighted by molar-refractivity contribution is 7.13. The van der Waals surface area contributed by atoms with Crippen molar-refractivity contribution in [2.45, 2.75) is 39.5 Å². The number of piperidine rings is 1. The van der Waals surface area contributed by atoms with Crippen molar-refractivity contribution in [1.29, 1.82) is 0 Å². The Labute approximate surface area is 159 Å². The number of hydrogen-bond acceptors (Lipinski definition) is 6. The maximum absolute atomic E-state index is 12.8. The summed E-state index contributed by atoms with van der Waals surface area (Å²) in [6.07, 6.45) is 3.99. The van der Waals surface area contributed by atoms with Gasteiger partial charge in [0.2, 0.25) is 5.01 Å². The van der Waals surface area contributed by atoms with Gasteiger partial charge in [-0.2, -0.15) is 0 Å². The van der Waals surface area contributed by atoms with Gasteiger partial charge in [-0.1, -0.05) is 31.3 Å². The Bertz CT molecular complexity index is 710. The third kappa shape index (κ3) is 4.38. The van der Waals surface area contributed by atoms with Gasteiger partial charge in [-0.15, -0.1) is 10.2 Å². The molecular formula is C19H27N5OS. The Morgan fingerprint density at radius 1 is 1.31 bits per heavy atom. The van der Waals surface area contributed by atoms with Crippen LogP contribution in [0.2, 0.25) is 0 Å². The zero-order chi connectivity index (χ0) is 18.5. The molecule has 1 aliphatic heterocycles. The van der Waals surface area contributed by atoms with Crippen LogP contribution in [-0.4, -0.2) is 52.2 Å². The van der Waals surface area contributed by atoms with Gasteiger partial charge in [0.25, 0.3) is 5.91 Å². The van der Waals surface area contributed by atoms with Crippen molar-refractivity contribution >= 4 is 23.1 Å². The molecule has 1 fully saturated rings. The largest absolute Gasteiger partial charge is 0.357 e. The van der Waals surface area contributed by atoms with Crippen LogP contribution in [0.25, 0.3) is 0 Å². The van der Waals surface area contributed by atoms with Crippen LogP contribution >= 0.6 is 11.3 Å². The minimum atomic E-state index is 0.0176. The first kappa shape index (κ1) is 18.8. The second-order valence-electron chi connectivity index (χ2n) is 7.06. The molecule has 26 heavy (non-hydrogen) atoms. The molecule has 3 rings (SSSR count). The molecule has 0 aliphatic carbocycles. The van der Waals surface area contributed by atoms with E-state index in [0.717, 1.165) is 43.3 Å². The second kappa shape index (κ2) is 8.58. The van der Waals surface area contributed by atoms with Crippen LogP contribution < -0.4 is 4.90 Å². The zero-order valence-electron chi connectivity index (χ0n) is 15.8. The molecule has 2 aromatic rings. The molecule has 3 heterocycles. The summed E-state index contributed by atoms with van der Waals surface area (Å²) in [6, 6.07) is 6.03. The molecule has 0 aromatic carbocycles. The van der Waals surface area contributed by atoms with E-state index in [9.17, 15) is 4.79 Å². The standard InChI is InChI=1S/C19H27N5OS/c1-4-23(19(25)18-22-21-17(26-18)14(2)3)13-15-8-11-24(12-9-15)16-7-5-6-10-20-16/h5-7,10,14-15H,4,8-9,11-13H2,1-3H3. The molecule has 0 unspecified atom stereocenters. The number of amides is 1. The molecule has 0 bridgehead atoms. The van der Waals surface area contributed by atoms with Crippen molar-refractivity contribution in [1.82, 2.24) is 20.1 Å². The molecule has 0 saturated carbocycles. The van der Waals surface area contributed by atoms with Gasteiger partial charge in [0.05, 0.1) is 0 Å². The number of rotatable bonds is 6. The third-order valence-corrected chi connectivity index (χ3v) is 6.06. The minimum Gasteiger partial charge on any atom is -0.357 e. The molecule has 7 heteroatoms. The molecule has 2 aromatic heterocycles. The molecule has 1 aliphatic rings. The van der Waals surface area contributed by atoms with Gasteiger partial charge in [0, 0.05) is 38.3 Å². The van der Waals surface area contributed by atoms with E-state index in [4.69, 9.17) is 0 Å². The number of carbonyl (C=O) groups is 1. The lowest BCUT2D eigenvalue weighted by molar-refractivity contribution is 0.0728. The second-order valence-corrected chi connectivity index (χ2v) is 8.07. The van der Waals surface area contributed by atoms with E-state index in [1.165, 1.54) is 11.3 Å². The maximum atomic E-state index is 12.8. The fraction of sp³-hybridized carbons (Fsp3) is 0.579. The van der Waals surface area contributed by atoms with Crippen molar-refractivity contribution < 1.29 is 4.79 Å². The van der Waals surface area contributed by atoms with E-state index >= 15 is 0 Å². The van der Waals surface area contributed by atoms with Gasteiger partial charge >= 0.3 is 0 Å². The first-order valence-electron chi connectivity index (χ1n) is 9.37. The summed E-state index contributed by atoms with van der Waals surface area (Å²) in [7, 11) is 0. The van der Waals surface area contributed by atoms with Gasteiger partial charge in [-0.25, -0.2) is 4.98 Å². The van der Waals surface area contributed by atoms with Gasteiger partial charge in [-0.3, -0.25) is 4.79 Å². The summed E-state index contributed by atoms with van der Waals surface area (Å²) < 4.78 is 0. The highest BCUT2D eigenvalue weighted by Gasteiger charge is 2.26. The predicted octanol–water partition coefficient (Wildman–Crippen LogP) is 3.44. The molecule has 6 nitrogen and oxygen atoms in total. The molecule has 0 spiro atoms. The third-order valence-electron chi connectivity index (χ3n) is 4.85. The molecule has 0 radical (unpaired) electrons. The number of nitrogens with zero attached hydrogens (tertiary/aromatic N) is 5. The average Bonchev–Trinajstić information content (AvgIpc) is 3.17. The van der Waals surface area contributed by atoms with Crippen LogP contribution in [0.3, 0.4) is 0 Å². The Kier molecular flexibility index (Phi) is 6.19. The molecule has 1 saturated heterocycles. The number of carbonyl (C=O) groups excluding carboxylic acids is 1. The van der Waals surface area contributed by atoms with Gasteiger partial charge < -0.3 is 9.80 Å². The monoisotopic (exact) mass is 373 g/mol. The van der Waals surface area contributed by atoms with Crippen molar-refractivity contribution in [2.24, 2.45) is 5.92 Å². The summed E-state index contributed by atoms with van der Waals surface area (Å²) in [4.78, 5) is 21.5. The quantitative estimate of drug-likeness (QED) is 0.776. The smallest absolute Gasteiger partial charge is 0.284 e. The van der Waals surface area contributed by atoms with E-state index in [1.54, 1.807) is 0 Å². The Hall–Kier alpha value is -2.02. The Balaban J connectivity index is 1.56. The molecular weight excluding hydrogens is 346 g/mol. The highest BCUT2D eigenvalue weighted by atomic mass is 32.1. The number of anilines is 1. The molecule has 0 atom stereocenters.